The summed E-state index contributed by atoms with van der Waals surface area (Å²) in [5.41, 5.74) is 2.34. The summed E-state index contributed by atoms with van der Waals surface area (Å²) in [6, 6.07) is 10.6. The lowest BCUT2D eigenvalue weighted by Crippen LogP contribution is -2.12. The number of aryl methyl sites for hydroxylation is 1. The Balaban J connectivity index is 1.92. The number of anilines is 1. The van der Waals surface area contributed by atoms with Gasteiger partial charge >= 0.3 is 0 Å². The molecule has 0 atom stereocenters. The van der Waals surface area contributed by atoms with Gasteiger partial charge in [0.05, 0.1) is 14.2 Å². The number of nitrogens with one attached hydrogen (secondary N) is 1. The maximum absolute atomic E-state index is 10.8. The summed E-state index contributed by atoms with van der Waals surface area (Å²) in [5.74, 6) is 1.39. The van der Waals surface area contributed by atoms with Crippen LogP contribution >= 0.6 is 22.6 Å². The Bertz CT molecular complexity index is 703. The summed E-state index contributed by atoms with van der Waals surface area (Å²) in [7, 11) is 0. The van der Waals surface area contributed by atoms with E-state index >= 15 is 0 Å². The third-order valence-electron chi connectivity index (χ3n) is 3.38. The second-order valence-electron chi connectivity index (χ2n) is 4.79. The number of non-ortho nitro benzene ring substituents is 1. The molecule has 0 saturated heterocycles. The molecule has 1 N–H and O–H groups in total. The Kier molecular flexibility index (Phi) is 3.96. The fourth-order valence-electron chi connectivity index (χ4n) is 2.37. The van der Waals surface area contributed by atoms with E-state index in [1.807, 2.05) is 12.1 Å². The Morgan fingerprint density at radius 2 is 2.10 bits per heavy atom. The molecule has 2 aromatic carbocycles. The van der Waals surface area contributed by atoms with Crippen LogP contribution in [-0.2, 0) is 6.42 Å². The smallest absolute Gasteiger partial charge is 0.270 e. The molecular weight excluding hydrogens is 383 g/mol. The third kappa shape index (κ3) is 2.94. The summed E-state index contributed by atoms with van der Waals surface area (Å²) in [5, 5.41) is 14.1. The van der Waals surface area contributed by atoms with Crippen LogP contribution in [0.4, 0.5) is 11.4 Å². The SMILES string of the molecule is O=[N+]([O-])c1ccc(Oc2cccc3c2NCCC3)c(I)c1. The third-order valence-corrected chi connectivity index (χ3v) is 4.23. The molecule has 1 aliphatic heterocycles. The van der Waals surface area contributed by atoms with Crippen LogP contribution in [0.2, 0.25) is 0 Å². The van der Waals surface area contributed by atoms with Crippen LogP contribution in [0.25, 0.3) is 0 Å². The monoisotopic (exact) mass is 396 g/mol. The molecule has 0 saturated carbocycles. The first-order valence-electron chi connectivity index (χ1n) is 6.63. The van der Waals surface area contributed by atoms with Crippen LogP contribution in [0, 0.1) is 13.7 Å². The number of nitrogens with zero attached hydrogens (tertiary/aromatic N) is 1. The van der Waals surface area contributed by atoms with Crippen molar-refractivity contribution < 1.29 is 9.66 Å². The quantitative estimate of drug-likeness (QED) is 0.476. The van der Waals surface area contributed by atoms with Crippen LogP contribution in [0.3, 0.4) is 0 Å². The number of para-hydroxylation sites is 1. The topological polar surface area (TPSA) is 64.4 Å². The van der Waals surface area contributed by atoms with Gasteiger partial charge in [0.15, 0.2) is 5.75 Å². The van der Waals surface area contributed by atoms with Gasteiger partial charge in [-0.25, -0.2) is 0 Å². The number of nitro groups is 1. The number of nitro benzene ring substituents is 1. The van der Waals surface area contributed by atoms with E-state index in [9.17, 15) is 10.1 Å². The highest BCUT2D eigenvalue weighted by Gasteiger charge is 2.16. The van der Waals surface area contributed by atoms with E-state index in [-0.39, 0.29) is 5.69 Å². The number of hydrogen-bond donors (Lipinski definition) is 1. The molecule has 1 aliphatic rings. The van der Waals surface area contributed by atoms with Crippen LogP contribution in [0.1, 0.15) is 12.0 Å². The maximum Gasteiger partial charge on any atom is 0.270 e. The predicted molar refractivity (Wildman–Crippen MR) is 89.1 cm³/mol. The second-order valence-corrected chi connectivity index (χ2v) is 5.96. The number of hydrogen-bond acceptors (Lipinski definition) is 4. The molecule has 0 bridgehead atoms. The minimum atomic E-state index is -0.405. The highest BCUT2D eigenvalue weighted by Crippen LogP contribution is 2.37. The Morgan fingerprint density at radius 1 is 1.24 bits per heavy atom. The first-order valence-corrected chi connectivity index (χ1v) is 7.70. The van der Waals surface area contributed by atoms with Crippen molar-refractivity contribution in [3.05, 3.63) is 55.6 Å². The van der Waals surface area contributed by atoms with Crippen molar-refractivity contribution in [3.63, 3.8) is 0 Å². The van der Waals surface area contributed by atoms with Gasteiger partial charge in [0, 0.05) is 18.7 Å². The van der Waals surface area contributed by atoms with E-state index < -0.39 is 4.92 Å². The first-order chi connectivity index (χ1) is 10.1. The zero-order valence-electron chi connectivity index (χ0n) is 11.1. The lowest BCUT2D eigenvalue weighted by Gasteiger charge is -2.21. The van der Waals surface area contributed by atoms with Gasteiger partial charge in [-0.1, -0.05) is 12.1 Å². The van der Waals surface area contributed by atoms with Gasteiger partial charge < -0.3 is 10.1 Å². The van der Waals surface area contributed by atoms with Gasteiger partial charge in [0.2, 0.25) is 0 Å². The summed E-state index contributed by atoms with van der Waals surface area (Å²) >= 11 is 2.05. The minimum absolute atomic E-state index is 0.0694. The van der Waals surface area contributed by atoms with E-state index in [0.29, 0.717) is 5.75 Å². The number of benzene rings is 2. The lowest BCUT2D eigenvalue weighted by molar-refractivity contribution is -0.385. The van der Waals surface area contributed by atoms with E-state index in [2.05, 4.69) is 34.0 Å². The van der Waals surface area contributed by atoms with Crippen molar-refractivity contribution in [2.75, 3.05) is 11.9 Å². The van der Waals surface area contributed by atoms with Crippen LogP contribution in [-0.4, -0.2) is 11.5 Å². The Hall–Kier alpha value is -1.83. The highest BCUT2D eigenvalue weighted by atomic mass is 127. The van der Waals surface area contributed by atoms with E-state index in [0.717, 1.165) is 34.4 Å². The molecule has 0 fully saturated rings. The molecule has 1 heterocycles. The molecular formula is C15H13IN2O3. The molecule has 108 valence electrons. The lowest BCUT2D eigenvalue weighted by atomic mass is 10.0. The van der Waals surface area contributed by atoms with Gasteiger partial charge in [0.25, 0.3) is 5.69 Å². The fourth-order valence-corrected chi connectivity index (χ4v) is 2.98. The average Bonchev–Trinajstić information content (AvgIpc) is 2.49. The largest absolute Gasteiger partial charge is 0.454 e. The van der Waals surface area contributed by atoms with E-state index in [1.165, 1.54) is 17.7 Å². The predicted octanol–water partition coefficient (Wildman–Crippen LogP) is 4.35. The minimum Gasteiger partial charge on any atom is -0.454 e. The number of fused-ring (bicyclic) bond motifs is 1. The maximum atomic E-state index is 10.8. The first kappa shape index (κ1) is 14.1. The molecule has 6 heteroatoms. The zero-order chi connectivity index (χ0) is 14.8. The molecule has 0 amide bonds. The van der Waals surface area contributed by atoms with Crippen molar-refractivity contribution >= 4 is 34.0 Å². The zero-order valence-corrected chi connectivity index (χ0v) is 13.3. The molecule has 0 aliphatic carbocycles. The molecule has 2 aromatic rings. The summed E-state index contributed by atoms with van der Waals surface area (Å²) in [6.07, 6.45) is 2.16. The molecule has 0 spiro atoms. The van der Waals surface area contributed by atoms with Crippen molar-refractivity contribution in [2.24, 2.45) is 0 Å². The Morgan fingerprint density at radius 3 is 2.86 bits per heavy atom. The van der Waals surface area contributed by atoms with Gasteiger partial charge in [-0.2, -0.15) is 0 Å². The number of halogens is 1. The molecule has 0 unspecified atom stereocenters. The van der Waals surface area contributed by atoms with Crippen molar-refractivity contribution in [1.82, 2.24) is 0 Å². The molecule has 21 heavy (non-hydrogen) atoms. The fraction of sp³-hybridized carbons (Fsp3) is 0.200. The average molecular weight is 396 g/mol. The van der Waals surface area contributed by atoms with Crippen molar-refractivity contribution in [1.29, 1.82) is 0 Å². The molecule has 0 radical (unpaired) electrons. The van der Waals surface area contributed by atoms with Gasteiger partial charge in [0.1, 0.15) is 5.75 Å². The van der Waals surface area contributed by atoms with Gasteiger partial charge in [-0.3, -0.25) is 10.1 Å². The molecule has 3 rings (SSSR count). The Labute approximate surface area is 135 Å². The van der Waals surface area contributed by atoms with E-state index in [1.54, 1.807) is 6.07 Å². The van der Waals surface area contributed by atoms with Crippen LogP contribution in [0.5, 0.6) is 11.5 Å². The van der Waals surface area contributed by atoms with Crippen LogP contribution in [0.15, 0.2) is 36.4 Å². The molecule has 5 nitrogen and oxygen atoms in total. The van der Waals surface area contributed by atoms with Gasteiger partial charge in [-0.15, -0.1) is 0 Å². The van der Waals surface area contributed by atoms with Crippen molar-refractivity contribution in [3.8, 4) is 11.5 Å². The second kappa shape index (κ2) is 5.88. The van der Waals surface area contributed by atoms with Gasteiger partial charge in [-0.05, 0) is 53.1 Å². The van der Waals surface area contributed by atoms with Crippen LogP contribution < -0.4 is 10.1 Å². The summed E-state index contributed by atoms with van der Waals surface area (Å²) in [6.45, 7) is 0.935. The number of ether oxygens (including phenoxy) is 1. The van der Waals surface area contributed by atoms with E-state index in [4.69, 9.17) is 4.74 Å². The number of rotatable bonds is 3. The van der Waals surface area contributed by atoms with Crippen molar-refractivity contribution in [2.45, 2.75) is 12.8 Å². The summed E-state index contributed by atoms with van der Waals surface area (Å²) < 4.78 is 6.67. The molecule has 0 aromatic heterocycles. The standard InChI is InChI=1S/C15H13IN2O3/c16-12-9-11(18(19)20)6-7-13(12)21-14-5-1-3-10-4-2-8-17-15(10)14/h1,3,5-7,9,17H,2,4,8H2. The normalized spacial score (nSPS) is 13.2. The highest BCUT2D eigenvalue weighted by molar-refractivity contribution is 14.1. The summed E-state index contributed by atoms with van der Waals surface area (Å²) in [4.78, 5) is 10.4.